The number of nitrogens with one attached hydrogen (secondary N) is 2. The van der Waals surface area contributed by atoms with Gasteiger partial charge in [0.2, 0.25) is 17.6 Å². The summed E-state index contributed by atoms with van der Waals surface area (Å²) < 4.78 is 4.95. The molecule has 7 nitrogen and oxygen atoms in total. The normalized spacial score (nSPS) is 9.83. The molecule has 0 radical (unpaired) electrons. The SMILES string of the molecule is CC(=O)NCCC(=O)NCc1ccc(C(=O)O)o1. The summed E-state index contributed by atoms with van der Waals surface area (Å²) in [6.07, 6.45) is 0.159. The minimum atomic E-state index is -1.15. The molecule has 0 saturated carbocycles. The summed E-state index contributed by atoms with van der Waals surface area (Å²) in [5.74, 6) is -1.41. The van der Waals surface area contributed by atoms with Gasteiger partial charge < -0.3 is 20.2 Å². The molecule has 3 N–H and O–H groups in total. The Morgan fingerprint density at radius 2 is 2.00 bits per heavy atom. The highest BCUT2D eigenvalue weighted by Gasteiger charge is 2.09. The number of carbonyl (C=O) groups is 3. The lowest BCUT2D eigenvalue weighted by atomic mass is 10.3. The van der Waals surface area contributed by atoms with E-state index in [2.05, 4.69) is 10.6 Å². The first-order valence-corrected chi connectivity index (χ1v) is 5.32. The van der Waals surface area contributed by atoms with Crippen LogP contribution in [0.4, 0.5) is 0 Å². The van der Waals surface area contributed by atoms with Gasteiger partial charge in [0.15, 0.2) is 0 Å². The van der Waals surface area contributed by atoms with Crippen molar-refractivity contribution < 1.29 is 23.9 Å². The monoisotopic (exact) mass is 254 g/mol. The molecule has 0 fully saturated rings. The van der Waals surface area contributed by atoms with E-state index in [4.69, 9.17) is 9.52 Å². The number of hydrogen-bond donors (Lipinski definition) is 3. The number of furan rings is 1. The number of amides is 2. The first-order chi connectivity index (χ1) is 8.49. The highest BCUT2D eigenvalue weighted by molar-refractivity contribution is 5.84. The zero-order chi connectivity index (χ0) is 13.5. The Morgan fingerprint density at radius 1 is 1.28 bits per heavy atom. The van der Waals surface area contributed by atoms with Crippen molar-refractivity contribution in [3.05, 3.63) is 23.7 Å². The fourth-order valence-electron chi connectivity index (χ4n) is 1.21. The van der Waals surface area contributed by atoms with Gasteiger partial charge in [-0.15, -0.1) is 0 Å². The predicted octanol–water partition coefficient (Wildman–Crippen LogP) is 0.120. The van der Waals surface area contributed by atoms with Gasteiger partial charge in [-0.05, 0) is 12.1 Å². The smallest absolute Gasteiger partial charge is 0.371 e. The van der Waals surface area contributed by atoms with Crippen molar-refractivity contribution >= 4 is 17.8 Å². The molecule has 7 heteroatoms. The fourth-order valence-corrected chi connectivity index (χ4v) is 1.21. The molecular weight excluding hydrogens is 240 g/mol. The van der Waals surface area contributed by atoms with Gasteiger partial charge in [0.05, 0.1) is 6.54 Å². The lowest BCUT2D eigenvalue weighted by Crippen LogP contribution is -2.29. The van der Waals surface area contributed by atoms with Gasteiger partial charge in [0.1, 0.15) is 5.76 Å². The zero-order valence-electron chi connectivity index (χ0n) is 9.86. The van der Waals surface area contributed by atoms with Gasteiger partial charge in [-0.25, -0.2) is 4.79 Å². The fraction of sp³-hybridized carbons (Fsp3) is 0.364. The molecule has 2 amide bonds. The summed E-state index contributed by atoms with van der Waals surface area (Å²) in [6, 6.07) is 2.80. The highest BCUT2D eigenvalue weighted by atomic mass is 16.4. The van der Waals surface area contributed by atoms with E-state index in [1.165, 1.54) is 19.1 Å². The van der Waals surface area contributed by atoms with Crippen LogP contribution < -0.4 is 10.6 Å². The van der Waals surface area contributed by atoms with Crippen LogP contribution in [0.2, 0.25) is 0 Å². The quantitative estimate of drug-likeness (QED) is 0.668. The maximum Gasteiger partial charge on any atom is 0.371 e. The second-order valence-electron chi connectivity index (χ2n) is 3.58. The molecule has 1 rings (SSSR count). The van der Waals surface area contributed by atoms with E-state index >= 15 is 0 Å². The van der Waals surface area contributed by atoms with Gasteiger partial charge in [-0.1, -0.05) is 0 Å². The average Bonchev–Trinajstić information content (AvgIpc) is 2.74. The molecule has 0 aromatic carbocycles. The Balaban J connectivity index is 2.29. The van der Waals surface area contributed by atoms with E-state index in [0.717, 1.165) is 0 Å². The molecule has 18 heavy (non-hydrogen) atoms. The van der Waals surface area contributed by atoms with E-state index in [-0.39, 0.29) is 37.1 Å². The van der Waals surface area contributed by atoms with Crippen LogP contribution >= 0.6 is 0 Å². The van der Waals surface area contributed by atoms with Crippen molar-refractivity contribution in [1.82, 2.24) is 10.6 Å². The molecule has 0 atom stereocenters. The third kappa shape index (κ3) is 4.69. The number of rotatable bonds is 6. The summed E-state index contributed by atoms with van der Waals surface area (Å²) in [7, 11) is 0. The summed E-state index contributed by atoms with van der Waals surface area (Å²) in [6.45, 7) is 1.75. The molecular formula is C11H14N2O5. The van der Waals surface area contributed by atoms with Crippen molar-refractivity contribution in [2.24, 2.45) is 0 Å². The average molecular weight is 254 g/mol. The van der Waals surface area contributed by atoms with Gasteiger partial charge in [-0.3, -0.25) is 9.59 Å². The standard InChI is InChI=1S/C11H14N2O5/c1-7(14)12-5-4-10(15)13-6-8-2-3-9(18-8)11(16)17/h2-3H,4-6H2,1H3,(H,12,14)(H,13,15)(H,16,17). The minimum Gasteiger partial charge on any atom is -0.475 e. The molecule has 0 aliphatic heterocycles. The molecule has 0 bridgehead atoms. The Morgan fingerprint density at radius 3 is 2.56 bits per heavy atom. The van der Waals surface area contributed by atoms with E-state index in [0.29, 0.717) is 5.76 Å². The number of aromatic carboxylic acids is 1. The first-order valence-electron chi connectivity index (χ1n) is 5.32. The molecule has 98 valence electrons. The van der Waals surface area contributed by atoms with Crippen molar-refractivity contribution in [3.63, 3.8) is 0 Å². The number of hydrogen-bond acceptors (Lipinski definition) is 4. The van der Waals surface area contributed by atoms with Crippen LogP contribution in [0.1, 0.15) is 29.7 Å². The molecule has 1 heterocycles. The second kappa shape index (κ2) is 6.43. The molecule has 0 aliphatic rings. The number of carbonyl (C=O) groups excluding carboxylic acids is 2. The first kappa shape index (κ1) is 13.8. The maximum atomic E-state index is 11.3. The van der Waals surface area contributed by atoms with Gasteiger partial charge in [0, 0.05) is 19.9 Å². The minimum absolute atomic E-state index is 0.117. The molecule has 1 aromatic heterocycles. The van der Waals surface area contributed by atoms with E-state index in [1.807, 2.05) is 0 Å². The van der Waals surface area contributed by atoms with E-state index in [1.54, 1.807) is 0 Å². The zero-order valence-corrected chi connectivity index (χ0v) is 9.86. The predicted molar refractivity (Wildman–Crippen MR) is 60.8 cm³/mol. The van der Waals surface area contributed by atoms with Gasteiger partial charge >= 0.3 is 5.97 Å². The Kier molecular flexibility index (Phi) is 4.91. The van der Waals surface area contributed by atoms with E-state index in [9.17, 15) is 14.4 Å². The largest absolute Gasteiger partial charge is 0.475 e. The highest BCUT2D eigenvalue weighted by Crippen LogP contribution is 2.07. The summed E-state index contributed by atoms with van der Waals surface area (Å²) >= 11 is 0. The second-order valence-corrected chi connectivity index (χ2v) is 3.58. The third-order valence-corrected chi connectivity index (χ3v) is 2.06. The lowest BCUT2D eigenvalue weighted by molar-refractivity contribution is -0.121. The number of carboxylic acid groups (broad SMARTS) is 1. The number of carboxylic acids is 1. The molecule has 0 spiro atoms. The Hall–Kier alpha value is -2.31. The van der Waals surface area contributed by atoms with E-state index < -0.39 is 5.97 Å². The van der Waals surface area contributed by atoms with Crippen LogP contribution in [0, 0.1) is 0 Å². The third-order valence-electron chi connectivity index (χ3n) is 2.06. The van der Waals surface area contributed by atoms with Crippen LogP contribution in [0.15, 0.2) is 16.5 Å². The van der Waals surface area contributed by atoms with Crippen molar-refractivity contribution in [2.45, 2.75) is 19.9 Å². The Labute approximate surface area is 103 Å². The lowest BCUT2D eigenvalue weighted by Gasteiger charge is -2.03. The molecule has 0 unspecified atom stereocenters. The van der Waals surface area contributed by atoms with Crippen LogP contribution in [0.25, 0.3) is 0 Å². The topological polar surface area (TPSA) is 109 Å². The summed E-state index contributed by atoms with van der Waals surface area (Å²) in [5.41, 5.74) is 0. The Bertz CT molecular complexity index is 452. The van der Waals surface area contributed by atoms with Crippen LogP contribution in [0.3, 0.4) is 0 Å². The summed E-state index contributed by atoms with van der Waals surface area (Å²) in [5, 5.41) is 13.7. The van der Waals surface area contributed by atoms with Gasteiger partial charge in [-0.2, -0.15) is 0 Å². The molecule has 1 aromatic rings. The molecule has 0 aliphatic carbocycles. The van der Waals surface area contributed by atoms with Crippen molar-refractivity contribution in [1.29, 1.82) is 0 Å². The van der Waals surface area contributed by atoms with Gasteiger partial charge in [0.25, 0.3) is 0 Å². The maximum absolute atomic E-state index is 11.3. The summed E-state index contributed by atoms with van der Waals surface area (Å²) in [4.78, 5) is 32.4. The van der Waals surface area contributed by atoms with Crippen LogP contribution in [0.5, 0.6) is 0 Å². The van der Waals surface area contributed by atoms with Crippen LogP contribution in [-0.4, -0.2) is 29.4 Å². The van der Waals surface area contributed by atoms with Crippen molar-refractivity contribution in [3.8, 4) is 0 Å². The van der Waals surface area contributed by atoms with Crippen LogP contribution in [-0.2, 0) is 16.1 Å². The van der Waals surface area contributed by atoms with Crippen molar-refractivity contribution in [2.75, 3.05) is 6.54 Å². The molecule has 0 saturated heterocycles.